The number of nitrogens with zero attached hydrogens (tertiary/aromatic N) is 1. The molecule has 1 aliphatic carbocycles. The summed E-state index contributed by atoms with van der Waals surface area (Å²) in [6.45, 7) is 1.90. The fourth-order valence-corrected chi connectivity index (χ4v) is 5.07. The standard InChI is InChI=1S/C28H26N2O5/c1-17(26(31)30-24-13-7-2-8-18(24)14-25(30)27(32)33)15-29-28(34)35-16-23-21-11-5-3-9-19(21)20-10-4-6-12-22(20)23/h2-13,17,23,25H,14-16H2,1H3,(H,29,34)(H,32,33)/t17?,25-/m0/s1. The number of carbonyl (C=O) groups excluding carboxylic acids is 2. The van der Waals surface area contributed by atoms with Gasteiger partial charge in [0, 0.05) is 24.6 Å². The average molecular weight is 471 g/mol. The maximum Gasteiger partial charge on any atom is 0.407 e. The Kier molecular flexibility index (Phi) is 5.99. The Morgan fingerprint density at radius 2 is 1.57 bits per heavy atom. The lowest BCUT2D eigenvalue weighted by atomic mass is 9.98. The Hall–Kier alpha value is -4.13. The minimum atomic E-state index is -1.05. The van der Waals surface area contributed by atoms with Crippen LogP contribution in [0.25, 0.3) is 11.1 Å². The lowest BCUT2D eigenvalue weighted by molar-refractivity contribution is -0.140. The smallest absolute Gasteiger partial charge is 0.407 e. The molecule has 3 aromatic rings. The molecule has 7 heteroatoms. The molecule has 0 spiro atoms. The highest BCUT2D eigenvalue weighted by molar-refractivity contribution is 6.03. The molecule has 1 unspecified atom stereocenters. The number of fused-ring (bicyclic) bond motifs is 4. The molecule has 0 saturated heterocycles. The van der Waals surface area contributed by atoms with Gasteiger partial charge in [-0.1, -0.05) is 73.7 Å². The van der Waals surface area contributed by atoms with E-state index in [-0.39, 0.29) is 31.4 Å². The number of hydrogen-bond donors (Lipinski definition) is 2. The van der Waals surface area contributed by atoms with Crippen LogP contribution in [0.3, 0.4) is 0 Å². The molecule has 0 saturated carbocycles. The minimum absolute atomic E-state index is 0.0422. The highest BCUT2D eigenvalue weighted by Crippen LogP contribution is 2.44. The number of carboxylic acids is 1. The van der Waals surface area contributed by atoms with Gasteiger partial charge >= 0.3 is 12.1 Å². The van der Waals surface area contributed by atoms with Crippen molar-refractivity contribution >= 4 is 23.7 Å². The second-order valence-electron chi connectivity index (χ2n) is 9.00. The summed E-state index contributed by atoms with van der Waals surface area (Å²) in [5.41, 5.74) is 5.98. The van der Waals surface area contributed by atoms with Crippen molar-refractivity contribution in [1.29, 1.82) is 0 Å². The van der Waals surface area contributed by atoms with E-state index < -0.39 is 24.0 Å². The molecule has 1 aliphatic heterocycles. The van der Waals surface area contributed by atoms with E-state index in [1.165, 1.54) is 4.90 Å². The lowest BCUT2D eigenvalue weighted by Crippen LogP contribution is -2.47. The van der Waals surface area contributed by atoms with Gasteiger partial charge < -0.3 is 15.2 Å². The number of hydrogen-bond acceptors (Lipinski definition) is 4. The monoisotopic (exact) mass is 470 g/mol. The summed E-state index contributed by atoms with van der Waals surface area (Å²) in [5.74, 6) is -2.07. The van der Waals surface area contributed by atoms with E-state index in [1.807, 2.05) is 36.4 Å². The number of carbonyl (C=O) groups is 3. The minimum Gasteiger partial charge on any atom is -0.480 e. The van der Waals surface area contributed by atoms with Crippen molar-refractivity contribution in [1.82, 2.24) is 5.32 Å². The summed E-state index contributed by atoms with van der Waals surface area (Å²) in [6.07, 6.45) is -0.341. The molecule has 5 rings (SSSR count). The number of alkyl carbamates (subject to hydrolysis) is 1. The van der Waals surface area contributed by atoms with Crippen LogP contribution in [0.15, 0.2) is 72.8 Å². The highest BCUT2D eigenvalue weighted by Gasteiger charge is 2.39. The van der Waals surface area contributed by atoms with Crippen LogP contribution >= 0.6 is 0 Å². The summed E-state index contributed by atoms with van der Waals surface area (Å²) >= 11 is 0. The first-order valence-electron chi connectivity index (χ1n) is 11.7. The first kappa shape index (κ1) is 22.7. The van der Waals surface area contributed by atoms with E-state index in [9.17, 15) is 19.5 Å². The zero-order valence-electron chi connectivity index (χ0n) is 19.3. The van der Waals surface area contributed by atoms with Crippen LogP contribution in [0.1, 0.15) is 29.5 Å². The molecule has 3 aromatic carbocycles. The van der Waals surface area contributed by atoms with Crippen molar-refractivity contribution < 1.29 is 24.2 Å². The van der Waals surface area contributed by atoms with Crippen molar-refractivity contribution in [2.45, 2.75) is 25.3 Å². The molecular formula is C28H26N2O5. The third kappa shape index (κ3) is 4.14. The van der Waals surface area contributed by atoms with Crippen LogP contribution in [0.2, 0.25) is 0 Å². The summed E-state index contributed by atoms with van der Waals surface area (Å²) in [5, 5.41) is 12.3. The number of amides is 2. The average Bonchev–Trinajstić information content (AvgIpc) is 3.42. The fourth-order valence-electron chi connectivity index (χ4n) is 5.07. The van der Waals surface area contributed by atoms with Gasteiger partial charge in [0.25, 0.3) is 0 Å². The van der Waals surface area contributed by atoms with Gasteiger partial charge in [0.15, 0.2) is 0 Å². The van der Waals surface area contributed by atoms with Crippen LogP contribution < -0.4 is 10.2 Å². The number of carboxylic acid groups (broad SMARTS) is 1. The molecule has 0 bridgehead atoms. The predicted molar refractivity (Wildman–Crippen MR) is 131 cm³/mol. The molecule has 178 valence electrons. The number of anilines is 1. The maximum absolute atomic E-state index is 13.1. The van der Waals surface area contributed by atoms with E-state index >= 15 is 0 Å². The van der Waals surface area contributed by atoms with Crippen LogP contribution in [-0.2, 0) is 20.7 Å². The van der Waals surface area contributed by atoms with Gasteiger partial charge in [-0.2, -0.15) is 0 Å². The summed E-state index contributed by atoms with van der Waals surface area (Å²) in [7, 11) is 0. The van der Waals surface area contributed by atoms with Crippen molar-refractivity contribution in [3.05, 3.63) is 89.5 Å². The van der Waals surface area contributed by atoms with Crippen molar-refractivity contribution in [3.63, 3.8) is 0 Å². The Morgan fingerprint density at radius 3 is 2.23 bits per heavy atom. The van der Waals surface area contributed by atoms with E-state index in [0.717, 1.165) is 27.8 Å². The molecule has 2 amide bonds. The van der Waals surface area contributed by atoms with E-state index in [0.29, 0.717) is 5.69 Å². The summed E-state index contributed by atoms with van der Waals surface area (Å²) in [4.78, 5) is 38.7. The number of rotatable bonds is 6. The third-order valence-corrected chi connectivity index (χ3v) is 6.82. The van der Waals surface area contributed by atoms with Gasteiger partial charge in [-0.25, -0.2) is 9.59 Å². The van der Waals surface area contributed by atoms with Gasteiger partial charge in [0.05, 0.1) is 5.92 Å². The molecule has 0 fully saturated rings. The SMILES string of the molecule is CC(CNC(=O)OCC1c2ccccc2-c2ccccc21)C(=O)N1c2ccccc2C[C@H]1C(=O)O. The molecular weight excluding hydrogens is 444 g/mol. The molecule has 0 radical (unpaired) electrons. The van der Waals surface area contributed by atoms with Crippen LogP contribution in [0.5, 0.6) is 0 Å². The van der Waals surface area contributed by atoms with Gasteiger partial charge in [-0.3, -0.25) is 9.69 Å². The molecule has 0 aromatic heterocycles. The number of nitrogens with one attached hydrogen (secondary N) is 1. The van der Waals surface area contributed by atoms with Crippen LogP contribution in [0, 0.1) is 5.92 Å². The topological polar surface area (TPSA) is 95.9 Å². The molecule has 2 atom stereocenters. The Balaban J connectivity index is 1.20. The fraction of sp³-hybridized carbons (Fsp3) is 0.250. The van der Waals surface area contributed by atoms with Crippen molar-refractivity contribution in [2.24, 2.45) is 5.92 Å². The van der Waals surface area contributed by atoms with Crippen molar-refractivity contribution in [3.8, 4) is 11.1 Å². The maximum atomic E-state index is 13.1. The zero-order chi connectivity index (χ0) is 24.5. The highest BCUT2D eigenvalue weighted by atomic mass is 16.5. The van der Waals surface area contributed by atoms with E-state index in [2.05, 4.69) is 29.6 Å². The normalized spacial score (nSPS) is 16.7. The number of para-hydroxylation sites is 1. The number of aliphatic carboxylic acids is 1. The van der Waals surface area contributed by atoms with E-state index in [4.69, 9.17) is 4.74 Å². The first-order chi connectivity index (χ1) is 17.0. The first-order valence-corrected chi connectivity index (χ1v) is 11.7. The Labute approximate surface area is 203 Å². The number of ether oxygens (including phenoxy) is 1. The number of benzene rings is 3. The van der Waals surface area contributed by atoms with Gasteiger partial charge in [0.2, 0.25) is 5.91 Å². The molecule has 2 N–H and O–H groups in total. The second kappa shape index (κ2) is 9.25. The molecule has 2 aliphatic rings. The van der Waals surface area contributed by atoms with Crippen LogP contribution in [-0.4, -0.2) is 42.3 Å². The summed E-state index contributed by atoms with van der Waals surface area (Å²) < 4.78 is 5.54. The molecule has 35 heavy (non-hydrogen) atoms. The van der Waals surface area contributed by atoms with Crippen molar-refractivity contribution in [2.75, 3.05) is 18.1 Å². The summed E-state index contributed by atoms with van der Waals surface area (Å²) in [6, 6.07) is 22.4. The lowest BCUT2D eigenvalue weighted by Gasteiger charge is -2.26. The predicted octanol–water partition coefficient (Wildman–Crippen LogP) is 4.20. The second-order valence-corrected chi connectivity index (χ2v) is 9.00. The molecule has 1 heterocycles. The quantitative estimate of drug-likeness (QED) is 0.563. The zero-order valence-corrected chi connectivity index (χ0v) is 19.3. The Bertz CT molecular complexity index is 1260. The Morgan fingerprint density at radius 1 is 0.971 bits per heavy atom. The van der Waals surface area contributed by atoms with Crippen LogP contribution in [0.4, 0.5) is 10.5 Å². The molecule has 7 nitrogen and oxygen atoms in total. The van der Waals surface area contributed by atoms with Gasteiger partial charge in [-0.05, 0) is 33.9 Å². The largest absolute Gasteiger partial charge is 0.480 e. The van der Waals surface area contributed by atoms with E-state index in [1.54, 1.807) is 19.1 Å². The third-order valence-electron chi connectivity index (χ3n) is 6.82. The van der Waals surface area contributed by atoms with Gasteiger partial charge in [0.1, 0.15) is 12.6 Å². The van der Waals surface area contributed by atoms with Gasteiger partial charge in [-0.15, -0.1) is 0 Å².